The lowest BCUT2D eigenvalue weighted by molar-refractivity contribution is -0.117. The van der Waals surface area contributed by atoms with Crippen molar-refractivity contribution < 1.29 is 9.53 Å². The van der Waals surface area contributed by atoms with Crippen LogP contribution in [-0.4, -0.2) is 26.6 Å². The summed E-state index contributed by atoms with van der Waals surface area (Å²) >= 11 is 6.01. The van der Waals surface area contributed by atoms with Crippen LogP contribution in [0, 0.1) is 6.92 Å². The normalized spacial score (nSPS) is 10.1. The topological polar surface area (TPSA) is 55.6 Å². The molecule has 5 heteroatoms. The Balaban J connectivity index is 3.21. The molecule has 0 heterocycles. The number of hydrogen-bond donors (Lipinski definition) is 1. The minimum atomic E-state index is -0.196. The number of nitrogens with zero attached hydrogens (tertiary/aromatic N) is 1. The molecule has 0 bridgehead atoms. The number of ether oxygens (including phenoxy) is 1. The molecule has 0 aromatic heterocycles. The molecule has 0 saturated carbocycles. The average Bonchev–Trinajstić information content (AvgIpc) is 2.30. The fourth-order valence-corrected chi connectivity index (χ4v) is 1.50. The molecule has 1 rings (SSSR count). The van der Waals surface area contributed by atoms with Gasteiger partial charge in [-0.25, -0.2) is 0 Å². The third kappa shape index (κ3) is 2.46. The molecule has 2 N–H and O–H groups in total. The van der Waals surface area contributed by atoms with E-state index in [2.05, 4.69) is 0 Å². The van der Waals surface area contributed by atoms with Crippen LogP contribution in [0.2, 0.25) is 5.02 Å². The highest BCUT2D eigenvalue weighted by molar-refractivity contribution is 6.31. The maximum absolute atomic E-state index is 11.5. The standard InChI is InChI=1S/C11H15ClN2O2/c1-7-4-10(16-3)9(5-8(7)12)14(2)11(15)6-13/h4-5H,6,13H2,1-3H3. The molecule has 0 spiro atoms. The highest BCUT2D eigenvalue weighted by Crippen LogP contribution is 2.33. The lowest BCUT2D eigenvalue weighted by atomic mass is 10.2. The Morgan fingerprint density at radius 1 is 1.56 bits per heavy atom. The molecule has 4 nitrogen and oxygen atoms in total. The molecule has 88 valence electrons. The zero-order chi connectivity index (χ0) is 12.3. The van der Waals surface area contributed by atoms with Crippen LogP contribution in [0.25, 0.3) is 0 Å². The van der Waals surface area contributed by atoms with E-state index in [0.717, 1.165) is 5.56 Å². The lowest BCUT2D eigenvalue weighted by Crippen LogP contribution is -2.32. The van der Waals surface area contributed by atoms with Gasteiger partial charge in [-0.05, 0) is 24.6 Å². The first kappa shape index (κ1) is 12.8. The Morgan fingerprint density at radius 2 is 2.19 bits per heavy atom. The lowest BCUT2D eigenvalue weighted by Gasteiger charge is -2.20. The van der Waals surface area contributed by atoms with Gasteiger partial charge in [0.1, 0.15) is 5.75 Å². The number of carbonyl (C=O) groups excluding carboxylic acids is 1. The predicted octanol–water partition coefficient (Wildman–Crippen LogP) is 1.58. The van der Waals surface area contributed by atoms with Gasteiger partial charge in [0.05, 0.1) is 19.3 Å². The summed E-state index contributed by atoms with van der Waals surface area (Å²) in [5.41, 5.74) is 6.82. The molecule has 1 aromatic rings. The zero-order valence-electron chi connectivity index (χ0n) is 9.58. The van der Waals surface area contributed by atoms with Gasteiger partial charge in [0.25, 0.3) is 0 Å². The minimum Gasteiger partial charge on any atom is -0.495 e. The zero-order valence-corrected chi connectivity index (χ0v) is 10.3. The summed E-state index contributed by atoms with van der Waals surface area (Å²) in [6.45, 7) is 1.82. The van der Waals surface area contributed by atoms with Gasteiger partial charge in [-0.2, -0.15) is 0 Å². The van der Waals surface area contributed by atoms with Crippen LogP contribution in [0.3, 0.4) is 0 Å². The van der Waals surface area contributed by atoms with Crippen molar-refractivity contribution >= 4 is 23.2 Å². The van der Waals surface area contributed by atoms with E-state index in [-0.39, 0.29) is 12.5 Å². The van der Waals surface area contributed by atoms with E-state index in [0.29, 0.717) is 16.5 Å². The van der Waals surface area contributed by atoms with Crippen molar-refractivity contribution in [2.24, 2.45) is 5.73 Å². The Bertz CT molecular complexity index is 407. The maximum atomic E-state index is 11.5. The van der Waals surface area contributed by atoms with Crippen LogP contribution >= 0.6 is 11.6 Å². The van der Waals surface area contributed by atoms with Crippen LogP contribution < -0.4 is 15.4 Å². The van der Waals surface area contributed by atoms with Crippen LogP contribution in [0.4, 0.5) is 5.69 Å². The number of amides is 1. The number of nitrogens with two attached hydrogens (primary N) is 1. The summed E-state index contributed by atoms with van der Waals surface area (Å²) in [6, 6.07) is 3.49. The third-order valence-corrected chi connectivity index (χ3v) is 2.78. The van der Waals surface area contributed by atoms with Crippen molar-refractivity contribution in [3.05, 3.63) is 22.7 Å². The van der Waals surface area contributed by atoms with Crippen LogP contribution in [0.5, 0.6) is 5.75 Å². The summed E-state index contributed by atoms with van der Waals surface area (Å²) < 4.78 is 5.20. The van der Waals surface area contributed by atoms with Crippen molar-refractivity contribution in [1.29, 1.82) is 0 Å². The van der Waals surface area contributed by atoms with E-state index in [1.165, 1.54) is 4.90 Å². The van der Waals surface area contributed by atoms with E-state index >= 15 is 0 Å². The second kappa shape index (κ2) is 5.18. The molecule has 0 fully saturated rings. The number of carbonyl (C=O) groups is 1. The van der Waals surface area contributed by atoms with Gasteiger partial charge in [-0.3, -0.25) is 4.79 Å². The molecule has 1 aromatic carbocycles. The SMILES string of the molecule is COc1cc(C)c(Cl)cc1N(C)C(=O)CN. The Hall–Kier alpha value is -1.26. The summed E-state index contributed by atoms with van der Waals surface area (Å²) in [6.07, 6.45) is 0. The maximum Gasteiger partial charge on any atom is 0.240 e. The molecule has 0 aliphatic heterocycles. The van der Waals surface area contributed by atoms with Gasteiger partial charge in [-0.1, -0.05) is 11.6 Å². The van der Waals surface area contributed by atoms with Gasteiger partial charge in [-0.15, -0.1) is 0 Å². The van der Waals surface area contributed by atoms with Gasteiger partial charge >= 0.3 is 0 Å². The largest absolute Gasteiger partial charge is 0.495 e. The number of likely N-dealkylation sites (N-methyl/N-ethyl adjacent to an activating group) is 1. The molecular weight excluding hydrogens is 228 g/mol. The first-order chi connectivity index (χ1) is 7.51. The summed E-state index contributed by atoms with van der Waals surface area (Å²) in [7, 11) is 3.19. The first-order valence-electron chi connectivity index (χ1n) is 4.82. The first-order valence-corrected chi connectivity index (χ1v) is 5.19. The fourth-order valence-electron chi connectivity index (χ4n) is 1.34. The predicted molar refractivity (Wildman–Crippen MR) is 65.2 cm³/mol. The van der Waals surface area contributed by atoms with E-state index < -0.39 is 0 Å². The molecular formula is C11H15ClN2O2. The monoisotopic (exact) mass is 242 g/mol. The number of halogens is 1. The number of aryl methyl sites for hydroxylation is 1. The van der Waals surface area contributed by atoms with Crippen molar-refractivity contribution in [3.8, 4) is 5.75 Å². The van der Waals surface area contributed by atoms with Gasteiger partial charge in [0, 0.05) is 12.1 Å². The average molecular weight is 243 g/mol. The fraction of sp³-hybridized carbons (Fsp3) is 0.364. The van der Waals surface area contributed by atoms with E-state index in [1.807, 2.05) is 6.92 Å². The summed E-state index contributed by atoms with van der Waals surface area (Å²) in [5.74, 6) is 0.407. The van der Waals surface area contributed by atoms with Crippen molar-refractivity contribution in [1.82, 2.24) is 0 Å². The Kier molecular flexibility index (Phi) is 4.15. The summed E-state index contributed by atoms with van der Waals surface area (Å²) in [4.78, 5) is 12.9. The third-order valence-electron chi connectivity index (χ3n) is 2.37. The van der Waals surface area contributed by atoms with Gasteiger partial charge < -0.3 is 15.4 Å². The molecule has 0 atom stereocenters. The highest BCUT2D eigenvalue weighted by atomic mass is 35.5. The second-order valence-electron chi connectivity index (χ2n) is 3.43. The molecule has 1 amide bonds. The highest BCUT2D eigenvalue weighted by Gasteiger charge is 2.15. The Morgan fingerprint density at radius 3 is 2.69 bits per heavy atom. The molecule has 0 radical (unpaired) electrons. The molecule has 0 aliphatic carbocycles. The molecule has 16 heavy (non-hydrogen) atoms. The molecule has 0 unspecified atom stereocenters. The number of hydrogen-bond acceptors (Lipinski definition) is 3. The van der Waals surface area contributed by atoms with Crippen molar-refractivity contribution in [2.45, 2.75) is 6.92 Å². The molecule has 0 saturated heterocycles. The van der Waals surface area contributed by atoms with Crippen molar-refractivity contribution in [3.63, 3.8) is 0 Å². The minimum absolute atomic E-state index is 0.0504. The van der Waals surface area contributed by atoms with Crippen LogP contribution in [-0.2, 0) is 4.79 Å². The van der Waals surface area contributed by atoms with Crippen LogP contribution in [0.15, 0.2) is 12.1 Å². The van der Waals surface area contributed by atoms with Crippen molar-refractivity contribution in [2.75, 3.05) is 25.6 Å². The number of benzene rings is 1. The second-order valence-corrected chi connectivity index (χ2v) is 3.84. The van der Waals surface area contributed by atoms with E-state index in [9.17, 15) is 4.79 Å². The number of rotatable bonds is 3. The summed E-state index contributed by atoms with van der Waals surface area (Å²) in [5, 5.41) is 0.590. The number of anilines is 1. The quantitative estimate of drug-likeness (QED) is 0.876. The van der Waals surface area contributed by atoms with E-state index in [1.54, 1.807) is 26.3 Å². The van der Waals surface area contributed by atoms with Gasteiger partial charge in [0.15, 0.2) is 0 Å². The van der Waals surface area contributed by atoms with Crippen LogP contribution in [0.1, 0.15) is 5.56 Å². The smallest absolute Gasteiger partial charge is 0.240 e. The molecule has 0 aliphatic rings. The van der Waals surface area contributed by atoms with E-state index in [4.69, 9.17) is 22.1 Å². The van der Waals surface area contributed by atoms with Gasteiger partial charge in [0.2, 0.25) is 5.91 Å². The Labute approximate surface area is 99.9 Å². The number of methoxy groups -OCH3 is 1.